The van der Waals surface area contributed by atoms with Gasteiger partial charge in [0.2, 0.25) is 0 Å². The summed E-state index contributed by atoms with van der Waals surface area (Å²) in [4.78, 5) is 0. The maximum Gasteiger partial charge on any atom is 3.00 e. The molecule has 0 rings (SSSR count). The van der Waals surface area contributed by atoms with Crippen LogP contribution in [0.5, 0.6) is 0 Å². The summed E-state index contributed by atoms with van der Waals surface area (Å²) in [7, 11) is 67.5. The molecule has 30 N–H and O–H groups in total. The predicted molar refractivity (Wildman–Crippen MR) is 219 cm³/mol. The van der Waals surface area contributed by atoms with E-state index < -0.39 is 0 Å². The summed E-state index contributed by atoms with van der Waals surface area (Å²) in [6.07, 6.45) is 0. The van der Waals surface area contributed by atoms with Gasteiger partial charge in [-0.2, -0.15) is 0 Å². The number of aliphatic hydroxyl groups excluding tert-OH is 30. The molecular weight excluding hydrogens is 2380 g/mol. The van der Waals surface area contributed by atoms with Crippen molar-refractivity contribution in [2.45, 2.75) is 0 Å². The summed E-state index contributed by atoms with van der Waals surface area (Å²) in [5, 5.41) is 202. The molecule has 0 saturated heterocycles. The molecule has 0 heterocycles. The summed E-state index contributed by atoms with van der Waals surface area (Å²) in [5.41, 5.74) is 0. The predicted octanol–water partition coefficient (Wildman–Crippen LogP) is 4.48. The van der Waals surface area contributed by atoms with Gasteiger partial charge >= 0.3 is 156 Å². The van der Waals surface area contributed by atoms with Crippen molar-refractivity contribution in [1.29, 1.82) is 0 Å². The molecule has 0 aromatic carbocycles. The molecule has 531 valence electrons. The van der Waals surface area contributed by atoms with Gasteiger partial charge in [-0.25, -0.2) is 213 Å². The maximum atomic E-state index is 6.75. The van der Waals surface area contributed by atoms with Crippen molar-refractivity contribution in [2.24, 2.45) is 0 Å². The molecule has 7 radical (unpaired) electrons. The van der Waals surface area contributed by atoms with E-state index in [1.165, 1.54) is 0 Å². The van der Waals surface area contributed by atoms with E-state index in [2.05, 4.69) is 213 Å². The fraction of sp³-hybridized carbons (Fsp3) is 0. The van der Waals surface area contributed by atoms with Gasteiger partial charge in [0.25, 0.3) is 0 Å². The molecule has 0 spiro atoms. The Hall–Kier alpha value is 8.15. The van der Waals surface area contributed by atoms with Crippen LogP contribution in [0.3, 0.4) is 0 Å². The molecule has 0 aromatic heterocycles. The van der Waals surface area contributed by atoms with E-state index in [1.54, 1.807) is 0 Å². The van der Waals surface area contributed by atoms with Crippen LogP contribution in [0.1, 0.15) is 0 Å². The first-order chi connectivity index (χ1) is 30.0. The van der Waals surface area contributed by atoms with Gasteiger partial charge in [0, 0.05) is 136 Å². The smallest absolute Gasteiger partial charge is 0.569 e. The molecule has 75 heavy (non-hydrogen) atoms. The Morgan fingerprint density at radius 3 is 0.0667 bits per heavy atom. The number of hydrogen-bond acceptors (Lipinski definition) is 30. The third-order valence-electron chi connectivity index (χ3n) is 0. The normalized spacial score (nSPS) is 2.40. The molecule has 0 atom stereocenters. The molecule has 0 aliphatic rings. The fourth-order valence-electron chi connectivity index (χ4n) is 0. The van der Waals surface area contributed by atoms with E-state index in [-0.39, 0.29) is 292 Å². The van der Waals surface area contributed by atoms with Crippen LogP contribution in [0.4, 0.5) is 0 Å². The Morgan fingerprint density at radius 1 is 0.0667 bits per heavy atom. The van der Waals surface area contributed by atoms with Gasteiger partial charge in [0.15, 0.2) is 0 Å². The minimum Gasteiger partial charge on any atom is -0.569 e. The van der Waals surface area contributed by atoms with Crippen LogP contribution in [-0.2, 0) is 292 Å². The van der Waals surface area contributed by atoms with Crippen LogP contribution in [0.25, 0.3) is 0 Å². The minimum absolute atomic E-state index is 0. The van der Waals surface area contributed by atoms with Crippen LogP contribution in [0.2, 0.25) is 0 Å². The van der Waals surface area contributed by atoms with Gasteiger partial charge in [-0.1, -0.05) is 0 Å². The molecule has 0 bridgehead atoms. The average molecular weight is 2470 g/mol. The summed E-state index contributed by atoms with van der Waals surface area (Å²) in [6, 6.07) is 0. The summed E-state index contributed by atoms with van der Waals surface area (Å²) in [6.45, 7) is 0. The Labute approximate surface area is 650 Å². The second-order valence-electron chi connectivity index (χ2n) is 0. The first-order valence-corrected chi connectivity index (χ1v) is 9.49. The summed E-state index contributed by atoms with van der Waals surface area (Å²) < 4.78 is 0. The van der Waals surface area contributed by atoms with Crippen molar-refractivity contribution >= 4 is 0 Å². The monoisotopic (exact) mass is 2470 g/mol. The molecule has 0 aromatic rings. The van der Waals surface area contributed by atoms with Crippen LogP contribution in [0, 0.1) is 213 Å². The minimum atomic E-state index is 0. The van der Waals surface area contributed by atoms with Gasteiger partial charge in [0.1, 0.15) is 0 Å². The molecule has 0 saturated carbocycles. The van der Waals surface area contributed by atoms with Crippen LogP contribution in [-0.4, -0.2) is 153 Å². The van der Waals surface area contributed by atoms with E-state index in [4.69, 9.17) is 153 Å². The molecule has 0 fully saturated rings. The van der Waals surface area contributed by atoms with Crippen LogP contribution in [0.15, 0.2) is 0 Å². The van der Waals surface area contributed by atoms with Crippen molar-refractivity contribution in [3.05, 3.63) is 213 Å². The molecule has 45 heteroatoms. The molecule has 0 amide bonds. The maximum absolute atomic E-state index is 6.75. The quantitative estimate of drug-likeness (QED) is 0.117. The Bertz CT molecular complexity index is 114. The van der Waals surface area contributed by atoms with Crippen molar-refractivity contribution in [2.75, 3.05) is 0 Å². The van der Waals surface area contributed by atoms with E-state index in [9.17, 15) is 0 Å². The zero-order valence-electron chi connectivity index (χ0n) is 39.6. The Kier molecular flexibility index (Phi) is 41900. The SMILES string of the molecule is [CH2-]O.[CH2-]O.[CH2-]O.[CH2-]O.[CH2-]O.[CH2-]O.[CH2-]O.[CH2-]O.[CH2-]O.[CH2-]O.[CH2-]O.[CH2-]O.[CH2-]O.[CH2-]O.[CH2-]O.[CH2-]O.[CH2-]O.[CH2-]O.[CH2-]O.[CH2-]O.[CH2-]O.[CH2-]O.[CH2-]O.[CH2-]O.[CH2-]O.[CH2-]O.[CH2-]O.[CH2-]O.[CH2-]O.[CH2-]O.[Rh+3].[Rh+3].[Rh+3].[Rh+3].[Rh+3].[Rh+3].[Rh+3].[Rh+3].[Rh].[Rh].[Rh].[Rh].[Rh].[Rh].[Rh]. The van der Waals surface area contributed by atoms with Gasteiger partial charge in [-0.15, -0.1) is 0 Å². The molecular formula is C30H90O30Rh15-6. The molecule has 30 nitrogen and oxygen atoms in total. The summed E-state index contributed by atoms with van der Waals surface area (Å²) in [5.74, 6) is 0. The average Bonchev–Trinajstić information content (AvgIpc) is 3.50. The van der Waals surface area contributed by atoms with Crippen molar-refractivity contribution in [3.63, 3.8) is 0 Å². The third kappa shape index (κ3) is 7940. The first-order valence-electron chi connectivity index (χ1n) is 9.49. The van der Waals surface area contributed by atoms with E-state index in [1.807, 2.05) is 0 Å². The van der Waals surface area contributed by atoms with Gasteiger partial charge in [0.05, 0.1) is 0 Å². The zero-order chi connectivity index (χ0) is 60.0. The molecule has 0 unspecified atom stereocenters. The van der Waals surface area contributed by atoms with E-state index in [0.29, 0.717) is 0 Å². The standard InChI is InChI=1S/30CH3O.15Rh/c30*1-2;;;;;;;;;;;;;;;/h30*2H,1H2;;;;;;;;;;;;;;;/q30*-1;;;;;;;;8*+3. The second-order valence-corrected chi connectivity index (χ2v) is 0. The second kappa shape index (κ2) is 8140. The van der Waals surface area contributed by atoms with Crippen LogP contribution < -0.4 is 0 Å². The van der Waals surface area contributed by atoms with E-state index >= 15 is 0 Å². The van der Waals surface area contributed by atoms with Gasteiger partial charge in [-0.3, -0.25) is 0 Å². The largest absolute Gasteiger partial charge is 3.00 e. The topological polar surface area (TPSA) is 607 Å². The Balaban J connectivity index is -0.00000000287. The van der Waals surface area contributed by atoms with Crippen molar-refractivity contribution in [3.8, 4) is 0 Å². The number of rotatable bonds is 0. The van der Waals surface area contributed by atoms with Crippen molar-refractivity contribution < 1.29 is 445 Å². The fourth-order valence-corrected chi connectivity index (χ4v) is 0. The summed E-state index contributed by atoms with van der Waals surface area (Å²) >= 11 is 0. The molecule has 0 aliphatic heterocycles. The van der Waals surface area contributed by atoms with E-state index in [0.717, 1.165) is 0 Å². The van der Waals surface area contributed by atoms with Gasteiger partial charge < -0.3 is 153 Å². The zero-order valence-corrected chi connectivity index (χ0v) is 64.2. The molecule has 0 aliphatic carbocycles. The number of hydrogen-bond donors (Lipinski definition) is 30. The third-order valence-corrected chi connectivity index (χ3v) is 0. The first kappa shape index (κ1) is 386. The Morgan fingerprint density at radius 2 is 0.0667 bits per heavy atom. The number of aliphatic hydroxyl groups is 30. The van der Waals surface area contributed by atoms with Gasteiger partial charge in [-0.05, 0) is 0 Å². The van der Waals surface area contributed by atoms with Crippen LogP contribution >= 0.6 is 0 Å². The van der Waals surface area contributed by atoms with Crippen molar-refractivity contribution in [1.82, 2.24) is 0 Å².